The van der Waals surface area contributed by atoms with Crippen molar-refractivity contribution in [1.82, 2.24) is 5.32 Å². The molecule has 0 saturated carbocycles. The number of carbonyl (C=O) groups is 2. The molecule has 6 heteroatoms. The molecule has 0 aliphatic carbocycles. The summed E-state index contributed by atoms with van der Waals surface area (Å²) in [6.45, 7) is 4.90. The van der Waals surface area contributed by atoms with Gasteiger partial charge in [0, 0.05) is 12.8 Å². The maximum absolute atomic E-state index is 12.5. The number of nitrogens with one attached hydrogen (secondary N) is 1. The van der Waals surface area contributed by atoms with Crippen LogP contribution in [0.25, 0.3) is 0 Å². The van der Waals surface area contributed by atoms with Gasteiger partial charge < -0.3 is 20.3 Å². The lowest BCUT2D eigenvalue weighted by Gasteiger charge is -2.20. The van der Waals surface area contributed by atoms with Gasteiger partial charge in [-0.05, 0) is 83.5 Å². The van der Waals surface area contributed by atoms with E-state index in [1.54, 1.807) is 6.08 Å². The number of hydrogen-bond acceptors (Lipinski definition) is 5. The highest BCUT2D eigenvalue weighted by molar-refractivity contribution is 5.76. The number of rotatable bonds is 60. The van der Waals surface area contributed by atoms with Crippen molar-refractivity contribution in [2.24, 2.45) is 0 Å². The molecule has 72 heavy (non-hydrogen) atoms. The number of aliphatic hydroxyl groups is 2. The maximum Gasteiger partial charge on any atom is 0.305 e. The smallest absolute Gasteiger partial charge is 0.305 e. The summed E-state index contributed by atoms with van der Waals surface area (Å²) in [4.78, 5) is 24.6. The molecule has 0 rings (SSSR count). The summed E-state index contributed by atoms with van der Waals surface area (Å²) in [6, 6.07) is -0.642. The van der Waals surface area contributed by atoms with Crippen LogP contribution in [0.15, 0.2) is 36.5 Å². The fourth-order valence-electron chi connectivity index (χ4n) is 9.92. The van der Waals surface area contributed by atoms with Crippen LogP contribution in [0.1, 0.15) is 348 Å². The summed E-state index contributed by atoms with van der Waals surface area (Å²) in [6.07, 6.45) is 77.6. The number of esters is 1. The van der Waals surface area contributed by atoms with Crippen LogP contribution in [-0.4, -0.2) is 47.4 Å². The topological polar surface area (TPSA) is 95.9 Å². The highest BCUT2D eigenvalue weighted by Gasteiger charge is 2.18. The second-order valence-corrected chi connectivity index (χ2v) is 22.1. The first kappa shape index (κ1) is 70.1. The predicted octanol–water partition coefficient (Wildman–Crippen LogP) is 20.4. The second-order valence-electron chi connectivity index (χ2n) is 22.1. The first-order valence-electron chi connectivity index (χ1n) is 32.3. The molecule has 424 valence electrons. The van der Waals surface area contributed by atoms with E-state index in [-0.39, 0.29) is 18.5 Å². The summed E-state index contributed by atoms with van der Waals surface area (Å²) in [5.41, 5.74) is 0. The molecule has 2 atom stereocenters. The summed E-state index contributed by atoms with van der Waals surface area (Å²) < 4.78 is 5.48. The number of unbranched alkanes of at least 4 members (excludes halogenated alkanes) is 45. The van der Waals surface area contributed by atoms with Gasteiger partial charge in [0.25, 0.3) is 0 Å². The lowest BCUT2D eigenvalue weighted by atomic mass is 10.0. The van der Waals surface area contributed by atoms with Gasteiger partial charge in [0.2, 0.25) is 5.91 Å². The zero-order chi connectivity index (χ0) is 52.2. The van der Waals surface area contributed by atoms with Crippen molar-refractivity contribution in [3.63, 3.8) is 0 Å². The van der Waals surface area contributed by atoms with Gasteiger partial charge in [-0.2, -0.15) is 0 Å². The van der Waals surface area contributed by atoms with Gasteiger partial charge in [-0.15, -0.1) is 0 Å². The highest BCUT2D eigenvalue weighted by Crippen LogP contribution is 2.17. The Kier molecular flexibility index (Phi) is 60.0. The zero-order valence-corrected chi connectivity index (χ0v) is 48.4. The van der Waals surface area contributed by atoms with Crippen LogP contribution in [0.5, 0.6) is 0 Å². The Morgan fingerprint density at radius 3 is 0.986 bits per heavy atom. The summed E-state index contributed by atoms with van der Waals surface area (Å²) in [5.74, 6) is -0.0891. The number of ether oxygens (including phenoxy) is 1. The Morgan fingerprint density at radius 2 is 0.653 bits per heavy atom. The SMILES string of the molecule is CCCCCCCC/C=C\CCCCCCCCCC(=O)OCCCCCCCCC/C=C\CCCCCCCC(=O)NC(CO)C(O)/C=C/CCCCCCCCCCCCCCCCCCCCCC. The van der Waals surface area contributed by atoms with E-state index in [1.807, 2.05) is 6.08 Å². The van der Waals surface area contributed by atoms with Crippen LogP contribution >= 0.6 is 0 Å². The quantitative estimate of drug-likeness (QED) is 0.0320. The van der Waals surface area contributed by atoms with E-state index < -0.39 is 12.1 Å². The molecule has 2 unspecified atom stereocenters. The van der Waals surface area contributed by atoms with Gasteiger partial charge in [-0.3, -0.25) is 9.59 Å². The lowest BCUT2D eigenvalue weighted by Crippen LogP contribution is -2.45. The number of aliphatic hydroxyl groups excluding tert-OH is 2. The fraction of sp³-hybridized carbons (Fsp3) is 0.879. The molecule has 0 aliphatic heterocycles. The van der Waals surface area contributed by atoms with Crippen LogP contribution in [0.4, 0.5) is 0 Å². The average molecular weight is 1010 g/mol. The Labute approximate surface area is 449 Å². The lowest BCUT2D eigenvalue weighted by molar-refractivity contribution is -0.143. The molecule has 0 heterocycles. The van der Waals surface area contributed by atoms with E-state index in [9.17, 15) is 19.8 Å². The minimum absolute atomic E-state index is 0.00673. The molecule has 0 aromatic heterocycles. The minimum Gasteiger partial charge on any atom is -0.466 e. The molecular weight excluding hydrogens is 887 g/mol. The molecule has 0 bridgehead atoms. The van der Waals surface area contributed by atoms with Crippen molar-refractivity contribution in [3.05, 3.63) is 36.5 Å². The van der Waals surface area contributed by atoms with Gasteiger partial charge in [-0.25, -0.2) is 0 Å². The maximum atomic E-state index is 12.5. The van der Waals surface area contributed by atoms with E-state index in [0.717, 1.165) is 64.2 Å². The molecule has 1 amide bonds. The molecule has 0 saturated heterocycles. The van der Waals surface area contributed by atoms with E-state index in [2.05, 4.69) is 43.5 Å². The number of carbonyl (C=O) groups excluding carboxylic acids is 2. The monoisotopic (exact) mass is 1010 g/mol. The van der Waals surface area contributed by atoms with Crippen molar-refractivity contribution >= 4 is 11.9 Å². The summed E-state index contributed by atoms with van der Waals surface area (Å²) >= 11 is 0. The largest absolute Gasteiger partial charge is 0.466 e. The molecule has 0 spiro atoms. The van der Waals surface area contributed by atoms with Crippen LogP contribution in [-0.2, 0) is 14.3 Å². The third-order valence-electron chi connectivity index (χ3n) is 14.9. The molecule has 3 N–H and O–H groups in total. The molecule has 0 aromatic carbocycles. The normalized spacial score (nSPS) is 12.8. The first-order valence-corrected chi connectivity index (χ1v) is 32.3. The number of hydrogen-bond donors (Lipinski definition) is 3. The van der Waals surface area contributed by atoms with Crippen molar-refractivity contribution in [3.8, 4) is 0 Å². The molecule has 0 aliphatic rings. The Balaban J connectivity index is 3.49. The second kappa shape index (κ2) is 61.6. The van der Waals surface area contributed by atoms with Gasteiger partial charge >= 0.3 is 5.97 Å². The van der Waals surface area contributed by atoms with Gasteiger partial charge in [0.15, 0.2) is 0 Å². The van der Waals surface area contributed by atoms with E-state index in [0.29, 0.717) is 19.4 Å². The van der Waals surface area contributed by atoms with E-state index >= 15 is 0 Å². The first-order chi connectivity index (χ1) is 35.5. The third kappa shape index (κ3) is 57.4. The zero-order valence-electron chi connectivity index (χ0n) is 48.4. The predicted molar refractivity (Wildman–Crippen MR) is 315 cm³/mol. The Hall–Kier alpha value is -1.92. The fourth-order valence-corrected chi connectivity index (χ4v) is 9.92. The van der Waals surface area contributed by atoms with Crippen LogP contribution in [0.3, 0.4) is 0 Å². The van der Waals surface area contributed by atoms with Crippen molar-refractivity contribution in [2.45, 2.75) is 360 Å². The van der Waals surface area contributed by atoms with Crippen molar-refractivity contribution < 1.29 is 24.5 Å². The minimum atomic E-state index is -0.857. The van der Waals surface area contributed by atoms with Gasteiger partial charge in [0.05, 0.1) is 25.4 Å². The Bertz CT molecular complexity index is 1170. The third-order valence-corrected chi connectivity index (χ3v) is 14.9. The molecule has 0 radical (unpaired) electrons. The standard InChI is InChI=1S/C66H125NO5/c1-3-5-7-9-11-13-15-17-19-21-22-23-24-25-27-30-34-38-42-46-50-54-58-64(69)63(62-68)67-65(70)59-55-51-47-43-39-35-31-28-29-33-37-41-45-49-53-57-61-72-66(71)60-56-52-48-44-40-36-32-26-20-18-16-14-12-10-8-6-4-2/h18,20,28,31,54,58,63-64,68-69H,3-17,19,21-27,29-30,32-53,55-57,59-62H2,1-2H3,(H,67,70)/b20-18-,31-28-,58-54+. The molecule has 0 fully saturated rings. The molecule has 0 aromatic rings. The van der Waals surface area contributed by atoms with Crippen LogP contribution in [0.2, 0.25) is 0 Å². The summed E-state index contributed by atoms with van der Waals surface area (Å²) in [5, 5.41) is 23.2. The number of amides is 1. The molecule has 6 nitrogen and oxygen atoms in total. The Morgan fingerprint density at radius 1 is 0.375 bits per heavy atom. The van der Waals surface area contributed by atoms with E-state index in [1.165, 1.54) is 257 Å². The highest BCUT2D eigenvalue weighted by atomic mass is 16.5. The van der Waals surface area contributed by atoms with Crippen LogP contribution in [0, 0.1) is 0 Å². The van der Waals surface area contributed by atoms with E-state index in [4.69, 9.17) is 4.74 Å². The summed E-state index contributed by atoms with van der Waals surface area (Å²) in [7, 11) is 0. The van der Waals surface area contributed by atoms with Crippen LogP contribution < -0.4 is 5.32 Å². The van der Waals surface area contributed by atoms with Gasteiger partial charge in [0.1, 0.15) is 0 Å². The van der Waals surface area contributed by atoms with Crippen molar-refractivity contribution in [1.29, 1.82) is 0 Å². The average Bonchev–Trinajstić information content (AvgIpc) is 3.38. The van der Waals surface area contributed by atoms with Crippen molar-refractivity contribution in [2.75, 3.05) is 13.2 Å². The number of allylic oxidation sites excluding steroid dienone is 5. The van der Waals surface area contributed by atoms with Gasteiger partial charge in [-0.1, -0.05) is 288 Å². The molecular formula is C66H125NO5.